The number of amides is 1. The summed E-state index contributed by atoms with van der Waals surface area (Å²) in [7, 11) is 1.62. The lowest BCUT2D eigenvalue weighted by Crippen LogP contribution is -2.19. The van der Waals surface area contributed by atoms with Crippen LogP contribution in [0.1, 0.15) is 24.2 Å². The summed E-state index contributed by atoms with van der Waals surface area (Å²) < 4.78 is 21.4. The lowest BCUT2D eigenvalue weighted by Gasteiger charge is -2.05. The summed E-state index contributed by atoms with van der Waals surface area (Å²) in [5.74, 6) is -0.618. The van der Waals surface area contributed by atoms with Crippen LogP contribution < -0.4 is 4.80 Å². The number of hydrogen-bond donors (Lipinski definition) is 0. The third kappa shape index (κ3) is 4.86. The predicted molar refractivity (Wildman–Crippen MR) is 109 cm³/mol. The number of thiazole rings is 1. The molecule has 3 rings (SSSR count). The van der Waals surface area contributed by atoms with E-state index in [2.05, 4.69) is 18.8 Å². The highest BCUT2D eigenvalue weighted by atomic mass is 32.2. The van der Waals surface area contributed by atoms with E-state index in [1.54, 1.807) is 37.1 Å². The summed E-state index contributed by atoms with van der Waals surface area (Å²) in [6.45, 7) is 5.27. The number of aromatic nitrogens is 1. The smallest absolute Gasteiger partial charge is 0.279 e. The lowest BCUT2D eigenvalue weighted by atomic mass is 10.2. The lowest BCUT2D eigenvalue weighted by molar-refractivity contribution is 0.0997. The van der Waals surface area contributed by atoms with Gasteiger partial charge in [0.15, 0.2) is 4.80 Å². The van der Waals surface area contributed by atoms with Gasteiger partial charge in [-0.25, -0.2) is 4.39 Å². The first-order valence-electron chi connectivity index (χ1n) is 8.61. The molecule has 0 spiro atoms. The summed E-state index contributed by atoms with van der Waals surface area (Å²) >= 11 is 3.04. The van der Waals surface area contributed by atoms with Crippen LogP contribution in [0.5, 0.6) is 0 Å². The molecule has 0 fully saturated rings. The molecule has 1 heterocycles. The van der Waals surface area contributed by atoms with Crippen LogP contribution in [0.3, 0.4) is 0 Å². The van der Waals surface area contributed by atoms with Crippen LogP contribution in [-0.4, -0.2) is 29.4 Å². The van der Waals surface area contributed by atoms with Crippen molar-refractivity contribution in [3.05, 3.63) is 58.6 Å². The number of nitrogens with zero attached hydrogens (tertiary/aromatic N) is 2. The second-order valence-electron chi connectivity index (χ2n) is 6.25. The molecule has 0 N–H and O–H groups in total. The maximum Gasteiger partial charge on any atom is 0.279 e. The van der Waals surface area contributed by atoms with Gasteiger partial charge in [0.05, 0.1) is 16.8 Å². The van der Waals surface area contributed by atoms with Gasteiger partial charge in [-0.1, -0.05) is 25.2 Å². The van der Waals surface area contributed by atoms with E-state index in [9.17, 15) is 9.18 Å². The van der Waals surface area contributed by atoms with Gasteiger partial charge >= 0.3 is 0 Å². The molecule has 0 saturated heterocycles. The van der Waals surface area contributed by atoms with Crippen molar-refractivity contribution in [3.8, 4) is 0 Å². The van der Waals surface area contributed by atoms with Crippen molar-refractivity contribution < 1.29 is 13.9 Å². The minimum atomic E-state index is -0.311. The molecule has 1 amide bonds. The molecule has 0 bridgehead atoms. The van der Waals surface area contributed by atoms with Crippen molar-refractivity contribution in [2.75, 3.05) is 13.7 Å². The van der Waals surface area contributed by atoms with Crippen LogP contribution in [0.2, 0.25) is 0 Å². The molecule has 0 aliphatic rings. The van der Waals surface area contributed by atoms with E-state index < -0.39 is 0 Å². The van der Waals surface area contributed by atoms with Crippen LogP contribution in [0.4, 0.5) is 4.39 Å². The van der Waals surface area contributed by atoms with E-state index >= 15 is 0 Å². The highest BCUT2D eigenvalue weighted by molar-refractivity contribution is 7.99. The number of carbonyl (C=O) groups is 1. The Bertz CT molecular complexity index is 1010. The van der Waals surface area contributed by atoms with Crippen molar-refractivity contribution in [2.24, 2.45) is 4.99 Å². The Balaban J connectivity index is 1.97. The minimum Gasteiger partial charge on any atom is -0.383 e. The molecule has 0 radical (unpaired) electrons. The Hall–Kier alpha value is -1.96. The molecular weight excluding hydrogens is 383 g/mol. The quantitative estimate of drug-likeness (QED) is 0.558. The molecule has 0 saturated carbocycles. The fourth-order valence-corrected chi connectivity index (χ4v) is 4.55. The number of methoxy groups -OCH3 is 1. The Morgan fingerprint density at radius 2 is 2.00 bits per heavy atom. The zero-order chi connectivity index (χ0) is 19.4. The third-order valence-electron chi connectivity index (χ3n) is 3.83. The molecule has 0 unspecified atom stereocenters. The molecule has 2 aromatic carbocycles. The number of carbonyl (C=O) groups excluding carboxylic acids is 1. The molecule has 0 aliphatic heterocycles. The van der Waals surface area contributed by atoms with E-state index in [-0.39, 0.29) is 11.7 Å². The summed E-state index contributed by atoms with van der Waals surface area (Å²) in [5, 5.41) is 0.481. The maximum absolute atomic E-state index is 13.6. The second kappa shape index (κ2) is 8.82. The Kier molecular flexibility index (Phi) is 6.46. The maximum atomic E-state index is 13.6. The van der Waals surface area contributed by atoms with E-state index in [1.165, 1.54) is 23.5 Å². The number of benzene rings is 2. The number of hydrogen-bond acceptors (Lipinski definition) is 4. The monoisotopic (exact) mass is 404 g/mol. The first kappa shape index (κ1) is 19.8. The normalized spacial score (nSPS) is 12.3. The van der Waals surface area contributed by atoms with Gasteiger partial charge in [-0.3, -0.25) is 4.79 Å². The van der Waals surface area contributed by atoms with Crippen LogP contribution in [-0.2, 0) is 11.3 Å². The zero-order valence-corrected chi connectivity index (χ0v) is 17.1. The number of fused-ring (bicyclic) bond motifs is 1. The summed E-state index contributed by atoms with van der Waals surface area (Å²) in [6.07, 6.45) is 0. The van der Waals surface area contributed by atoms with Gasteiger partial charge in [0.25, 0.3) is 5.91 Å². The fourth-order valence-electron chi connectivity index (χ4n) is 2.63. The summed E-state index contributed by atoms with van der Waals surface area (Å²) in [5.41, 5.74) is 1.37. The molecule has 7 heteroatoms. The van der Waals surface area contributed by atoms with Crippen LogP contribution in [0.15, 0.2) is 52.4 Å². The first-order chi connectivity index (χ1) is 13.0. The van der Waals surface area contributed by atoms with Crippen molar-refractivity contribution >= 4 is 39.2 Å². The van der Waals surface area contributed by atoms with Crippen molar-refractivity contribution in [2.45, 2.75) is 30.5 Å². The Morgan fingerprint density at radius 3 is 2.67 bits per heavy atom. The van der Waals surface area contributed by atoms with Gasteiger partial charge in [0, 0.05) is 29.4 Å². The molecule has 1 aromatic heterocycles. The molecule has 27 heavy (non-hydrogen) atoms. The average Bonchev–Trinajstić information content (AvgIpc) is 2.96. The van der Waals surface area contributed by atoms with Crippen LogP contribution in [0, 0.1) is 5.82 Å². The fraction of sp³-hybridized carbons (Fsp3) is 0.300. The molecule has 142 valence electrons. The Morgan fingerprint density at radius 1 is 1.26 bits per heavy atom. The summed E-state index contributed by atoms with van der Waals surface area (Å²) in [6, 6.07) is 12.0. The van der Waals surface area contributed by atoms with Gasteiger partial charge in [0.1, 0.15) is 5.82 Å². The number of rotatable bonds is 6. The molecule has 4 nitrogen and oxygen atoms in total. The van der Waals surface area contributed by atoms with Crippen molar-refractivity contribution in [1.82, 2.24) is 4.57 Å². The first-order valence-corrected chi connectivity index (χ1v) is 10.3. The molecule has 3 aromatic rings. The average molecular weight is 405 g/mol. The Labute approximate surface area is 165 Å². The van der Waals surface area contributed by atoms with Crippen molar-refractivity contribution in [3.63, 3.8) is 0 Å². The highest BCUT2D eigenvalue weighted by Crippen LogP contribution is 2.23. The minimum absolute atomic E-state index is 0.307. The zero-order valence-electron chi connectivity index (χ0n) is 15.4. The van der Waals surface area contributed by atoms with Crippen molar-refractivity contribution in [1.29, 1.82) is 0 Å². The van der Waals surface area contributed by atoms with E-state index in [0.29, 0.717) is 28.8 Å². The molecular formula is C20H21FN2O2S2. The van der Waals surface area contributed by atoms with Gasteiger partial charge < -0.3 is 9.30 Å². The third-order valence-corrected chi connectivity index (χ3v) is 5.89. The van der Waals surface area contributed by atoms with Crippen LogP contribution in [0.25, 0.3) is 10.2 Å². The predicted octanol–water partition coefficient (Wildman–Crippen LogP) is 4.73. The number of thioether (sulfide) groups is 1. The standard InChI is InChI=1S/C20H21FN2O2S2/c1-13(2)26-16-7-4-14(5-8-16)19(24)22-20-23(10-11-25-3)17-9-6-15(21)12-18(17)27-20/h4-9,12-13H,10-11H2,1-3H3. The van der Waals surface area contributed by atoms with Gasteiger partial charge in [-0.05, 0) is 42.5 Å². The van der Waals surface area contributed by atoms with Gasteiger partial charge in [-0.2, -0.15) is 4.99 Å². The van der Waals surface area contributed by atoms with Gasteiger partial charge in [-0.15, -0.1) is 11.8 Å². The SMILES string of the molecule is COCCn1c(=NC(=O)c2ccc(SC(C)C)cc2)sc2cc(F)ccc21. The largest absolute Gasteiger partial charge is 0.383 e. The topological polar surface area (TPSA) is 43.6 Å². The van der Waals surface area contributed by atoms with E-state index in [1.807, 2.05) is 16.7 Å². The molecule has 0 atom stereocenters. The highest BCUT2D eigenvalue weighted by Gasteiger charge is 2.10. The second-order valence-corrected chi connectivity index (χ2v) is 8.91. The molecule has 0 aliphatic carbocycles. The van der Waals surface area contributed by atoms with Crippen LogP contribution >= 0.6 is 23.1 Å². The number of ether oxygens (including phenoxy) is 1. The van der Waals surface area contributed by atoms with E-state index in [0.717, 1.165) is 15.1 Å². The number of halogens is 1. The van der Waals surface area contributed by atoms with E-state index in [4.69, 9.17) is 4.74 Å². The summed E-state index contributed by atoms with van der Waals surface area (Å²) in [4.78, 5) is 18.6. The van der Waals surface area contributed by atoms with Gasteiger partial charge in [0.2, 0.25) is 0 Å².